The number of carbonyl (C=O) groups excluding carboxylic acids is 1. The second kappa shape index (κ2) is 8.86. The summed E-state index contributed by atoms with van der Waals surface area (Å²) in [5.41, 5.74) is 2.05. The van der Waals surface area contributed by atoms with Gasteiger partial charge >= 0.3 is 0 Å². The van der Waals surface area contributed by atoms with Crippen LogP contribution in [-0.2, 0) is 10.0 Å². The van der Waals surface area contributed by atoms with Crippen LogP contribution in [0.4, 0.5) is 10.1 Å². The maximum Gasteiger partial charge on any atom is 0.258 e. The van der Waals surface area contributed by atoms with E-state index in [-0.39, 0.29) is 22.4 Å². The molecule has 3 atom stereocenters. The van der Waals surface area contributed by atoms with Gasteiger partial charge in [0.1, 0.15) is 5.82 Å². The molecule has 2 aromatic carbocycles. The standard InChI is InChI=1S/C23H29FN2O3S/c1-14-8-9-16(3)22(12-14)25-23(27)19-13-18(10-11-20(19)24)30(28,29)26-21-7-5-6-15(2)17(21)4/h8-13,15,17,21,26H,5-7H2,1-4H3,(H,25,27)/t15-,17-,21+/m0/s1. The first-order valence-electron chi connectivity index (χ1n) is 10.3. The second-order valence-electron chi connectivity index (χ2n) is 8.41. The van der Waals surface area contributed by atoms with E-state index < -0.39 is 21.7 Å². The van der Waals surface area contributed by atoms with Crippen molar-refractivity contribution < 1.29 is 17.6 Å². The van der Waals surface area contributed by atoms with Crippen LogP contribution in [0.25, 0.3) is 0 Å². The van der Waals surface area contributed by atoms with Crippen molar-refractivity contribution >= 4 is 21.6 Å². The normalized spacial score (nSPS) is 22.0. The predicted octanol–water partition coefficient (Wildman–Crippen LogP) is 4.80. The van der Waals surface area contributed by atoms with Crippen LogP contribution in [0.3, 0.4) is 0 Å². The van der Waals surface area contributed by atoms with Crippen molar-refractivity contribution in [3.8, 4) is 0 Å². The van der Waals surface area contributed by atoms with Gasteiger partial charge in [0.15, 0.2) is 0 Å². The largest absolute Gasteiger partial charge is 0.322 e. The van der Waals surface area contributed by atoms with Gasteiger partial charge in [-0.25, -0.2) is 17.5 Å². The van der Waals surface area contributed by atoms with Gasteiger partial charge in [-0.2, -0.15) is 0 Å². The van der Waals surface area contributed by atoms with Crippen molar-refractivity contribution in [2.24, 2.45) is 11.8 Å². The van der Waals surface area contributed by atoms with E-state index in [1.54, 1.807) is 6.07 Å². The number of halogens is 1. The number of sulfonamides is 1. The third-order valence-electron chi connectivity index (χ3n) is 6.15. The summed E-state index contributed by atoms with van der Waals surface area (Å²) in [4.78, 5) is 12.6. The Kier molecular flexibility index (Phi) is 6.62. The van der Waals surface area contributed by atoms with Gasteiger partial charge in [-0.1, -0.05) is 38.8 Å². The van der Waals surface area contributed by atoms with Gasteiger partial charge in [0, 0.05) is 11.7 Å². The molecule has 30 heavy (non-hydrogen) atoms. The maximum absolute atomic E-state index is 14.4. The van der Waals surface area contributed by atoms with Crippen LogP contribution in [0.1, 0.15) is 54.6 Å². The number of rotatable bonds is 5. The second-order valence-corrected chi connectivity index (χ2v) is 10.1. The summed E-state index contributed by atoms with van der Waals surface area (Å²) >= 11 is 0. The Morgan fingerprint density at radius 2 is 1.80 bits per heavy atom. The van der Waals surface area contributed by atoms with E-state index >= 15 is 0 Å². The lowest BCUT2D eigenvalue weighted by Crippen LogP contribution is -2.43. The topological polar surface area (TPSA) is 75.3 Å². The first-order chi connectivity index (χ1) is 14.1. The van der Waals surface area contributed by atoms with E-state index in [1.807, 2.05) is 32.9 Å². The highest BCUT2D eigenvalue weighted by molar-refractivity contribution is 7.89. The van der Waals surface area contributed by atoms with Crippen LogP contribution in [0.2, 0.25) is 0 Å². The Labute approximate surface area is 178 Å². The van der Waals surface area contributed by atoms with Crippen LogP contribution in [0, 0.1) is 31.5 Å². The quantitative estimate of drug-likeness (QED) is 0.713. The highest BCUT2D eigenvalue weighted by atomic mass is 32.2. The number of carbonyl (C=O) groups is 1. The summed E-state index contributed by atoms with van der Waals surface area (Å²) in [6, 6.07) is 8.73. The molecule has 1 saturated carbocycles. The minimum Gasteiger partial charge on any atom is -0.322 e. The van der Waals surface area contributed by atoms with Gasteiger partial charge in [-0.05, 0) is 67.5 Å². The number of aryl methyl sites for hydroxylation is 2. The minimum absolute atomic E-state index is 0.111. The monoisotopic (exact) mass is 432 g/mol. The Bertz CT molecular complexity index is 1050. The molecule has 1 amide bonds. The van der Waals surface area contributed by atoms with Crippen molar-refractivity contribution in [2.45, 2.75) is 57.9 Å². The molecule has 0 spiro atoms. The zero-order chi connectivity index (χ0) is 22.1. The van der Waals surface area contributed by atoms with E-state index in [9.17, 15) is 17.6 Å². The summed E-state index contributed by atoms with van der Waals surface area (Å²) in [5.74, 6) is -0.811. The van der Waals surface area contributed by atoms with Gasteiger partial charge in [0.05, 0.1) is 10.5 Å². The van der Waals surface area contributed by atoms with E-state index in [0.29, 0.717) is 11.6 Å². The Morgan fingerprint density at radius 1 is 1.07 bits per heavy atom. The smallest absolute Gasteiger partial charge is 0.258 e. The van der Waals surface area contributed by atoms with E-state index in [4.69, 9.17) is 0 Å². The molecule has 7 heteroatoms. The lowest BCUT2D eigenvalue weighted by molar-refractivity contribution is 0.102. The molecule has 0 aromatic heterocycles. The first kappa shape index (κ1) is 22.4. The number of hydrogen-bond donors (Lipinski definition) is 2. The highest BCUT2D eigenvalue weighted by Crippen LogP contribution is 2.30. The molecule has 0 bridgehead atoms. The van der Waals surface area contributed by atoms with E-state index in [1.165, 1.54) is 6.07 Å². The van der Waals surface area contributed by atoms with E-state index in [2.05, 4.69) is 17.0 Å². The number of amides is 1. The SMILES string of the molecule is Cc1ccc(C)c(NC(=O)c2cc(S(=O)(=O)N[C@@H]3CCC[C@H](C)[C@@H]3C)ccc2F)c1. The fraction of sp³-hybridized carbons (Fsp3) is 0.435. The summed E-state index contributed by atoms with van der Waals surface area (Å²) in [5, 5.41) is 2.69. The Hall–Kier alpha value is -2.25. The highest BCUT2D eigenvalue weighted by Gasteiger charge is 2.31. The van der Waals surface area contributed by atoms with Gasteiger partial charge < -0.3 is 5.32 Å². The average Bonchev–Trinajstić information content (AvgIpc) is 2.68. The third kappa shape index (κ3) is 4.90. The number of anilines is 1. The number of benzene rings is 2. The lowest BCUT2D eigenvalue weighted by atomic mass is 9.78. The fourth-order valence-corrected chi connectivity index (χ4v) is 5.31. The van der Waals surface area contributed by atoms with Crippen LogP contribution >= 0.6 is 0 Å². The molecule has 162 valence electrons. The molecule has 0 saturated heterocycles. The van der Waals surface area contributed by atoms with Gasteiger partial charge in [-0.15, -0.1) is 0 Å². The molecule has 0 unspecified atom stereocenters. The van der Waals surface area contributed by atoms with Crippen molar-refractivity contribution in [1.29, 1.82) is 0 Å². The fourth-order valence-electron chi connectivity index (χ4n) is 3.92. The molecule has 5 nitrogen and oxygen atoms in total. The average molecular weight is 433 g/mol. The minimum atomic E-state index is -3.87. The molecule has 0 aliphatic heterocycles. The van der Waals surface area contributed by atoms with Crippen molar-refractivity contribution in [3.63, 3.8) is 0 Å². The van der Waals surface area contributed by atoms with E-state index in [0.717, 1.165) is 42.5 Å². The molecule has 1 fully saturated rings. The Morgan fingerprint density at radius 3 is 2.53 bits per heavy atom. The van der Waals surface area contributed by atoms with Gasteiger partial charge in [0.2, 0.25) is 10.0 Å². The lowest BCUT2D eigenvalue weighted by Gasteiger charge is -2.34. The predicted molar refractivity (Wildman–Crippen MR) is 117 cm³/mol. The van der Waals surface area contributed by atoms with Crippen molar-refractivity contribution in [3.05, 3.63) is 58.9 Å². The van der Waals surface area contributed by atoms with Crippen molar-refractivity contribution in [1.82, 2.24) is 4.72 Å². The molecule has 0 radical (unpaired) electrons. The maximum atomic E-state index is 14.4. The number of nitrogens with one attached hydrogen (secondary N) is 2. The summed E-state index contributed by atoms with van der Waals surface area (Å²) in [6.07, 6.45) is 2.82. The molecule has 2 aromatic rings. The zero-order valence-corrected chi connectivity index (χ0v) is 18.6. The molecule has 3 rings (SSSR count). The summed E-state index contributed by atoms with van der Waals surface area (Å²) in [7, 11) is -3.87. The zero-order valence-electron chi connectivity index (χ0n) is 17.8. The molecule has 0 heterocycles. The van der Waals surface area contributed by atoms with Crippen molar-refractivity contribution in [2.75, 3.05) is 5.32 Å². The van der Waals surface area contributed by atoms with Gasteiger partial charge in [0.25, 0.3) is 5.91 Å². The molecule has 1 aliphatic rings. The Balaban J connectivity index is 1.85. The molecular weight excluding hydrogens is 403 g/mol. The molecule has 2 N–H and O–H groups in total. The van der Waals surface area contributed by atoms with Crippen LogP contribution in [0.5, 0.6) is 0 Å². The van der Waals surface area contributed by atoms with Crippen LogP contribution in [-0.4, -0.2) is 20.4 Å². The van der Waals surface area contributed by atoms with Crippen LogP contribution < -0.4 is 10.0 Å². The van der Waals surface area contributed by atoms with Crippen LogP contribution in [0.15, 0.2) is 41.3 Å². The first-order valence-corrected chi connectivity index (χ1v) is 11.8. The summed E-state index contributed by atoms with van der Waals surface area (Å²) in [6.45, 7) is 7.90. The molecular formula is C23H29FN2O3S. The molecule has 1 aliphatic carbocycles. The summed E-state index contributed by atoms with van der Waals surface area (Å²) < 4.78 is 43.0. The van der Waals surface area contributed by atoms with Gasteiger partial charge in [-0.3, -0.25) is 4.79 Å². The number of hydrogen-bond acceptors (Lipinski definition) is 3. The third-order valence-corrected chi connectivity index (χ3v) is 7.63.